The number of aromatic nitrogens is 4. The van der Waals surface area contributed by atoms with Gasteiger partial charge in [-0.25, -0.2) is 9.67 Å². The van der Waals surface area contributed by atoms with Gasteiger partial charge in [0.15, 0.2) is 5.65 Å². The van der Waals surface area contributed by atoms with Crippen molar-refractivity contribution in [3.63, 3.8) is 0 Å². The van der Waals surface area contributed by atoms with E-state index in [1.807, 2.05) is 13.0 Å². The maximum Gasteiger partial charge on any atom is 0.266 e. The molecule has 0 aromatic carbocycles. The highest BCUT2D eigenvalue weighted by atomic mass is 79.9. The molecular formula is C14H13BrClN5O2S. The van der Waals surface area contributed by atoms with Crippen LogP contribution in [0, 0.1) is 0 Å². The lowest BCUT2D eigenvalue weighted by Crippen LogP contribution is -2.33. The molecule has 3 rings (SSSR count). The van der Waals surface area contributed by atoms with Crippen molar-refractivity contribution in [3.05, 3.63) is 42.6 Å². The fourth-order valence-corrected chi connectivity index (χ4v) is 3.97. The van der Waals surface area contributed by atoms with Crippen molar-refractivity contribution in [2.45, 2.75) is 19.5 Å². The molecule has 1 unspecified atom stereocenters. The lowest BCUT2D eigenvalue weighted by Gasteiger charge is -2.13. The number of carbonyl (C=O) groups is 1. The number of rotatable bonds is 4. The van der Waals surface area contributed by atoms with Gasteiger partial charge in [0.25, 0.3) is 5.56 Å². The van der Waals surface area contributed by atoms with E-state index < -0.39 is 0 Å². The Morgan fingerprint density at radius 1 is 1.50 bits per heavy atom. The molecule has 24 heavy (non-hydrogen) atoms. The number of hydrogen-bond donors (Lipinski definition) is 1. The van der Waals surface area contributed by atoms with Crippen molar-refractivity contribution in [2.24, 2.45) is 7.05 Å². The second kappa shape index (κ2) is 6.66. The van der Waals surface area contributed by atoms with E-state index in [4.69, 9.17) is 11.6 Å². The molecule has 0 bridgehead atoms. The standard InChI is InChI=1S/C14H13BrClN5O2S/c1-7(8-3-4-9(16)24-8)18-10(22)5-21-6-17-13-11(14(21)23)12(15)19-20(13)2/h3-4,6-7H,5H2,1-2H3,(H,18,22). The Kier molecular flexibility index (Phi) is 4.75. The van der Waals surface area contributed by atoms with Gasteiger partial charge in [-0.15, -0.1) is 11.3 Å². The van der Waals surface area contributed by atoms with E-state index in [2.05, 4.69) is 31.3 Å². The molecule has 1 amide bonds. The molecule has 10 heteroatoms. The van der Waals surface area contributed by atoms with Crippen molar-refractivity contribution in [1.29, 1.82) is 0 Å². The minimum absolute atomic E-state index is 0.118. The quantitative estimate of drug-likeness (QED) is 0.689. The average Bonchev–Trinajstić information content (AvgIpc) is 3.06. The molecular weight excluding hydrogens is 418 g/mol. The van der Waals surface area contributed by atoms with Crippen molar-refractivity contribution in [3.8, 4) is 0 Å². The summed E-state index contributed by atoms with van der Waals surface area (Å²) in [5.74, 6) is -0.282. The second-order valence-electron chi connectivity index (χ2n) is 5.22. The van der Waals surface area contributed by atoms with Gasteiger partial charge in [-0.1, -0.05) is 11.6 Å². The number of nitrogens with zero attached hydrogens (tertiary/aromatic N) is 4. The smallest absolute Gasteiger partial charge is 0.266 e. The highest BCUT2D eigenvalue weighted by molar-refractivity contribution is 9.10. The third-order valence-electron chi connectivity index (χ3n) is 3.48. The van der Waals surface area contributed by atoms with Crippen molar-refractivity contribution in [2.75, 3.05) is 0 Å². The lowest BCUT2D eigenvalue weighted by molar-refractivity contribution is -0.122. The van der Waals surface area contributed by atoms with E-state index in [9.17, 15) is 9.59 Å². The van der Waals surface area contributed by atoms with Crippen LogP contribution < -0.4 is 10.9 Å². The highest BCUT2D eigenvalue weighted by Gasteiger charge is 2.16. The summed E-state index contributed by atoms with van der Waals surface area (Å²) in [7, 11) is 1.70. The molecule has 1 atom stereocenters. The van der Waals surface area contributed by atoms with Crippen LogP contribution in [0.5, 0.6) is 0 Å². The molecule has 3 aromatic heterocycles. The zero-order valence-electron chi connectivity index (χ0n) is 12.8. The Morgan fingerprint density at radius 2 is 2.25 bits per heavy atom. The third kappa shape index (κ3) is 3.24. The molecule has 126 valence electrons. The topological polar surface area (TPSA) is 81.8 Å². The first-order valence-corrected chi connectivity index (χ1v) is 8.98. The summed E-state index contributed by atoms with van der Waals surface area (Å²) < 4.78 is 3.85. The molecule has 0 radical (unpaired) electrons. The molecule has 0 aliphatic carbocycles. The Hall–Kier alpha value is -1.71. The van der Waals surface area contributed by atoms with E-state index in [0.29, 0.717) is 20.0 Å². The second-order valence-corrected chi connectivity index (χ2v) is 7.72. The van der Waals surface area contributed by atoms with Gasteiger partial charge < -0.3 is 5.32 Å². The van der Waals surface area contributed by atoms with Gasteiger partial charge in [0.1, 0.15) is 22.9 Å². The molecule has 3 heterocycles. The fraction of sp³-hybridized carbons (Fsp3) is 0.286. The summed E-state index contributed by atoms with van der Waals surface area (Å²) in [5, 5.41) is 7.31. The Labute approximate surface area is 154 Å². The van der Waals surface area contributed by atoms with Crippen LogP contribution >= 0.6 is 38.9 Å². The molecule has 7 nitrogen and oxygen atoms in total. The first-order valence-electron chi connectivity index (χ1n) is 6.99. The lowest BCUT2D eigenvalue weighted by atomic mass is 10.3. The molecule has 0 saturated heterocycles. The summed E-state index contributed by atoms with van der Waals surface area (Å²) >= 11 is 10.6. The van der Waals surface area contributed by atoms with Gasteiger partial charge in [-0.2, -0.15) is 5.10 Å². The van der Waals surface area contributed by atoms with Crippen LogP contribution in [-0.4, -0.2) is 25.2 Å². The SMILES string of the molecule is CC(NC(=O)Cn1cnc2c(c(Br)nn2C)c1=O)c1ccc(Cl)s1. The number of hydrogen-bond acceptors (Lipinski definition) is 5. The number of aryl methyl sites for hydroxylation is 1. The Bertz CT molecular complexity index is 979. The molecule has 0 spiro atoms. The van der Waals surface area contributed by atoms with Gasteiger partial charge in [-0.05, 0) is 35.0 Å². The predicted octanol–water partition coefficient (Wildman–Crippen LogP) is 2.48. The number of thiophene rings is 1. The summed E-state index contributed by atoms with van der Waals surface area (Å²) in [4.78, 5) is 29.9. The number of amides is 1. The van der Waals surface area contributed by atoms with Gasteiger partial charge >= 0.3 is 0 Å². The van der Waals surface area contributed by atoms with E-state index in [1.165, 1.54) is 26.9 Å². The van der Waals surface area contributed by atoms with Crippen LogP contribution in [0.2, 0.25) is 4.34 Å². The van der Waals surface area contributed by atoms with Crippen molar-refractivity contribution < 1.29 is 4.79 Å². The van der Waals surface area contributed by atoms with E-state index in [0.717, 1.165) is 4.88 Å². The van der Waals surface area contributed by atoms with E-state index in [1.54, 1.807) is 13.1 Å². The van der Waals surface area contributed by atoms with Gasteiger partial charge in [0, 0.05) is 11.9 Å². The number of fused-ring (bicyclic) bond motifs is 1. The maximum absolute atomic E-state index is 12.5. The van der Waals surface area contributed by atoms with Crippen LogP contribution in [0.3, 0.4) is 0 Å². The van der Waals surface area contributed by atoms with Crippen LogP contribution in [0.1, 0.15) is 17.8 Å². The van der Waals surface area contributed by atoms with Gasteiger partial charge in [0.2, 0.25) is 5.91 Å². The Morgan fingerprint density at radius 3 is 2.92 bits per heavy atom. The molecule has 0 aliphatic rings. The summed E-state index contributed by atoms with van der Waals surface area (Å²) in [6.45, 7) is 1.74. The monoisotopic (exact) mass is 429 g/mol. The highest BCUT2D eigenvalue weighted by Crippen LogP contribution is 2.26. The first-order chi connectivity index (χ1) is 11.4. The number of halogens is 2. The minimum Gasteiger partial charge on any atom is -0.347 e. The molecule has 0 saturated carbocycles. The molecule has 3 aromatic rings. The van der Waals surface area contributed by atoms with Gasteiger partial charge in [-0.3, -0.25) is 14.2 Å². The molecule has 0 aliphatic heterocycles. The van der Waals surface area contributed by atoms with Crippen LogP contribution in [0.15, 0.2) is 27.9 Å². The number of nitrogens with one attached hydrogen (secondary N) is 1. The Balaban J connectivity index is 1.79. The van der Waals surface area contributed by atoms with Crippen molar-refractivity contribution >= 4 is 55.8 Å². The van der Waals surface area contributed by atoms with Crippen LogP contribution in [-0.2, 0) is 18.4 Å². The normalized spacial score (nSPS) is 12.5. The van der Waals surface area contributed by atoms with Gasteiger partial charge in [0.05, 0.1) is 10.4 Å². The zero-order valence-corrected chi connectivity index (χ0v) is 15.9. The third-order valence-corrected chi connectivity index (χ3v) is 5.45. The van der Waals surface area contributed by atoms with Crippen LogP contribution in [0.25, 0.3) is 11.0 Å². The largest absolute Gasteiger partial charge is 0.347 e. The first kappa shape index (κ1) is 17.1. The molecule has 1 N–H and O–H groups in total. The zero-order chi connectivity index (χ0) is 17.4. The van der Waals surface area contributed by atoms with Crippen molar-refractivity contribution in [1.82, 2.24) is 24.6 Å². The maximum atomic E-state index is 12.5. The fourth-order valence-electron chi connectivity index (χ4n) is 2.32. The van der Waals surface area contributed by atoms with Crippen LogP contribution in [0.4, 0.5) is 0 Å². The summed E-state index contributed by atoms with van der Waals surface area (Å²) in [6, 6.07) is 3.46. The minimum atomic E-state index is -0.318. The average molecular weight is 431 g/mol. The summed E-state index contributed by atoms with van der Waals surface area (Å²) in [5.41, 5.74) is 0.145. The van der Waals surface area contributed by atoms with E-state index >= 15 is 0 Å². The summed E-state index contributed by atoms with van der Waals surface area (Å²) in [6.07, 6.45) is 1.35. The number of carbonyl (C=O) groups excluding carboxylic acids is 1. The van der Waals surface area contributed by atoms with E-state index in [-0.39, 0.29) is 24.1 Å². The molecule has 0 fully saturated rings. The predicted molar refractivity (Wildman–Crippen MR) is 96.4 cm³/mol.